The molecule has 0 aromatic rings. The van der Waals surface area contributed by atoms with Crippen molar-refractivity contribution in [3.8, 4) is 0 Å². The van der Waals surface area contributed by atoms with Gasteiger partial charge in [-0.25, -0.2) is 0 Å². The number of carbonyl (C=O) groups excluding carboxylic acids is 3. The number of fused-ring (bicyclic) bond motifs is 5. The Morgan fingerprint density at radius 1 is 0.621 bits per heavy atom. The number of allylic oxidation sites excluding steroid dienone is 1. The molecule has 4 rings (SSSR count). The molecule has 66 heavy (non-hydrogen) atoms. The van der Waals surface area contributed by atoms with Gasteiger partial charge in [0.05, 0.1) is 39.6 Å². The summed E-state index contributed by atoms with van der Waals surface area (Å²) in [6.07, 6.45) is 49.8. The van der Waals surface area contributed by atoms with E-state index in [2.05, 4.69) is 47.0 Å². The fourth-order valence-corrected chi connectivity index (χ4v) is 14.2. The number of ether oxygens (including phenoxy) is 1. The number of esters is 1. The minimum atomic E-state index is -0.221. The van der Waals surface area contributed by atoms with E-state index in [0.29, 0.717) is 42.4 Å². The van der Waals surface area contributed by atoms with Crippen molar-refractivity contribution in [2.45, 2.75) is 285 Å². The predicted octanol–water partition coefficient (Wildman–Crippen LogP) is 16.4. The smallest absolute Gasteiger partial charge is 0.306 e. The molecule has 0 aliphatic heterocycles. The van der Waals surface area contributed by atoms with Crippen LogP contribution in [0.3, 0.4) is 0 Å². The lowest BCUT2D eigenvalue weighted by atomic mass is 9.46. The Labute approximate surface area is 409 Å². The maximum atomic E-state index is 13.3. The molecule has 0 bridgehead atoms. The molecular formula is C60H109N2O4+. The van der Waals surface area contributed by atoms with E-state index >= 15 is 0 Å². The molecule has 1 amide bonds. The minimum absolute atomic E-state index is 0.0195. The van der Waals surface area contributed by atoms with E-state index in [1.807, 2.05) is 6.08 Å². The normalized spacial score (nSPS) is 25.5. The van der Waals surface area contributed by atoms with E-state index in [-0.39, 0.29) is 41.7 Å². The SMILES string of the molecule is CCCCCCCCCCCCCCCC[N+](C)(CCCCCCCCCCCCCCCC)CCNC(=O)CCC(=O)O[C@@H](C)[C@H]1CCC2C3CCC4=CC(=O)CC[C@]4(C)C3CC[C@@]21C. The van der Waals surface area contributed by atoms with Crippen LogP contribution in [0.15, 0.2) is 11.6 Å². The second-order valence-electron chi connectivity index (χ2n) is 23.7. The van der Waals surface area contributed by atoms with Crippen LogP contribution in [-0.2, 0) is 19.1 Å². The number of ketones is 1. The van der Waals surface area contributed by atoms with Gasteiger partial charge in [-0.05, 0) is 112 Å². The standard InChI is InChI=1S/C60H108N2O4/c1-7-9-11-13-15-17-19-21-23-25-27-29-31-33-46-62(6,47-34-32-30-28-26-24-22-20-18-16-14-12-10-8-2)48-45-61-57(64)39-40-58(65)66-50(3)54-37-38-55-53-36-35-51-49-52(63)41-43-59(51,4)56(53)42-44-60(54,55)5/h49-50,53-56H,7-48H2,1-6H3/p+1/t50-,53?,54+,55?,56?,59-,60+/m0/s1. The Balaban J connectivity index is 1.12. The lowest BCUT2D eigenvalue weighted by Crippen LogP contribution is -2.51. The molecule has 6 nitrogen and oxygen atoms in total. The van der Waals surface area contributed by atoms with Crippen LogP contribution in [0.4, 0.5) is 0 Å². The maximum absolute atomic E-state index is 13.3. The van der Waals surface area contributed by atoms with Crippen molar-refractivity contribution in [3.63, 3.8) is 0 Å². The zero-order valence-electron chi connectivity index (χ0n) is 44.7. The summed E-state index contributed by atoms with van der Waals surface area (Å²) in [5.74, 6) is 2.49. The average molecular weight is 923 g/mol. The highest BCUT2D eigenvalue weighted by atomic mass is 16.5. The van der Waals surface area contributed by atoms with Gasteiger partial charge in [0.15, 0.2) is 5.78 Å². The summed E-state index contributed by atoms with van der Waals surface area (Å²) in [6.45, 7) is 15.7. The highest BCUT2D eigenvalue weighted by molar-refractivity contribution is 5.91. The highest BCUT2D eigenvalue weighted by Gasteiger charge is 2.60. The molecule has 4 aliphatic rings. The van der Waals surface area contributed by atoms with Crippen molar-refractivity contribution in [1.29, 1.82) is 0 Å². The second kappa shape index (κ2) is 31.5. The van der Waals surface area contributed by atoms with Crippen LogP contribution in [0.25, 0.3) is 0 Å². The summed E-state index contributed by atoms with van der Waals surface area (Å²) in [5, 5.41) is 3.22. The monoisotopic (exact) mass is 922 g/mol. The Morgan fingerprint density at radius 2 is 1.11 bits per heavy atom. The zero-order valence-corrected chi connectivity index (χ0v) is 44.7. The van der Waals surface area contributed by atoms with E-state index in [0.717, 1.165) is 30.3 Å². The third kappa shape index (κ3) is 19.2. The molecule has 0 heterocycles. The Bertz CT molecular complexity index is 1360. The summed E-state index contributed by atoms with van der Waals surface area (Å²) in [6, 6.07) is 0. The third-order valence-corrected chi connectivity index (χ3v) is 18.6. The maximum Gasteiger partial charge on any atom is 0.306 e. The number of carbonyl (C=O) groups is 3. The molecule has 0 aromatic carbocycles. The summed E-state index contributed by atoms with van der Waals surface area (Å²) < 4.78 is 7.21. The van der Waals surface area contributed by atoms with Crippen LogP contribution in [0.5, 0.6) is 0 Å². The summed E-state index contributed by atoms with van der Waals surface area (Å²) in [4.78, 5) is 38.7. The van der Waals surface area contributed by atoms with Crippen LogP contribution < -0.4 is 5.32 Å². The van der Waals surface area contributed by atoms with Gasteiger partial charge >= 0.3 is 5.97 Å². The van der Waals surface area contributed by atoms with E-state index in [4.69, 9.17) is 4.74 Å². The fourth-order valence-electron chi connectivity index (χ4n) is 14.2. The molecule has 3 unspecified atom stereocenters. The number of unbranched alkanes of at least 4 members (excludes halogenated alkanes) is 26. The fraction of sp³-hybridized carbons (Fsp3) is 0.917. The molecule has 0 spiro atoms. The molecule has 6 heteroatoms. The first-order valence-corrected chi connectivity index (χ1v) is 29.5. The van der Waals surface area contributed by atoms with Gasteiger partial charge < -0.3 is 14.5 Å². The number of quaternary nitrogens is 1. The molecule has 382 valence electrons. The molecule has 0 aromatic heterocycles. The van der Waals surface area contributed by atoms with Crippen LogP contribution >= 0.6 is 0 Å². The molecule has 0 saturated heterocycles. The molecule has 7 atom stereocenters. The summed E-state index contributed by atoms with van der Waals surface area (Å²) >= 11 is 0. The van der Waals surface area contributed by atoms with Gasteiger partial charge in [-0.1, -0.05) is 187 Å². The van der Waals surface area contributed by atoms with Gasteiger partial charge in [-0.15, -0.1) is 0 Å². The van der Waals surface area contributed by atoms with E-state index < -0.39 is 0 Å². The van der Waals surface area contributed by atoms with Crippen LogP contribution in [-0.4, -0.2) is 61.5 Å². The van der Waals surface area contributed by atoms with Crippen molar-refractivity contribution >= 4 is 17.7 Å². The number of nitrogens with one attached hydrogen (secondary N) is 1. The molecular weight excluding hydrogens is 813 g/mol. The third-order valence-electron chi connectivity index (χ3n) is 18.6. The lowest BCUT2D eigenvalue weighted by Gasteiger charge is -2.58. The largest absolute Gasteiger partial charge is 0.462 e. The second-order valence-corrected chi connectivity index (χ2v) is 23.7. The number of likely N-dealkylation sites (N-methyl/N-ethyl adjacent to an activating group) is 1. The summed E-state index contributed by atoms with van der Waals surface area (Å²) in [7, 11) is 2.43. The van der Waals surface area contributed by atoms with Crippen LogP contribution in [0.2, 0.25) is 0 Å². The van der Waals surface area contributed by atoms with Crippen LogP contribution in [0, 0.1) is 34.5 Å². The van der Waals surface area contributed by atoms with E-state index in [1.54, 1.807) is 0 Å². The van der Waals surface area contributed by atoms with Crippen molar-refractivity contribution < 1.29 is 23.6 Å². The minimum Gasteiger partial charge on any atom is -0.462 e. The number of rotatable bonds is 38. The zero-order chi connectivity index (χ0) is 47.5. The quantitative estimate of drug-likeness (QED) is 0.0380. The predicted molar refractivity (Wildman–Crippen MR) is 279 cm³/mol. The van der Waals surface area contributed by atoms with Gasteiger partial charge in [0.2, 0.25) is 5.91 Å². The number of nitrogens with zero attached hydrogens (tertiary/aromatic N) is 1. The first-order chi connectivity index (χ1) is 32.0. The van der Waals surface area contributed by atoms with Crippen molar-refractivity contribution in [2.24, 2.45) is 34.5 Å². The van der Waals surface area contributed by atoms with E-state index in [1.165, 1.54) is 224 Å². The average Bonchev–Trinajstić information content (AvgIpc) is 3.66. The topological polar surface area (TPSA) is 72.5 Å². The van der Waals surface area contributed by atoms with Gasteiger partial charge in [0.25, 0.3) is 0 Å². The van der Waals surface area contributed by atoms with Gasteiger partial charge in [0.1, 0.15) is 6.10 Å². The van der Waals surface area contributed by atoms with Gasteiger partial charge in [-0.3, -0.25) is 14.4 Å². The summed E-state index contributed by atoms with van der Waals surface area (Å²) in [5.41, 5.74) is 1.80. The number of hydrogen-bond donors (Lipinski definition) is 1. The first-order valence-electron chi connectivity index (χ1n) is 29.5. The van der Waals surface area contributed by atoms with Crippen molar-refractivity contribution in [2.75, 3.05) is 33.2 Å². The number of hydrogen-bond acceptors (Lipinski definition) is 4. The molecule has 3 saturated carbocycles. The highest BCUT2D eigenvalue weighted by Crippen LogP contribution is 2.67. The molecule has 1 N–H and O–H groups in total. The van der Waals surface area contributed by atoms with E-state index in [9.17, 15) is 14.4 Å². The van der Waals surface area contributed by atoms with Gasteiger partial charge in [0, 0.05) is 18.8 Å². The van der Waals surface area contributed by atoms with Crippen molar-refractivity contribution in [3.05, 3.63) is 11.6 Å². The van der Waals surface area contributed by atoms with Gasteiger partial charge in [-0.2, -0.15) is 0 Å². The molecule has 0 radical (unpaired) electrons. The number of amides is 1. The molecule has 4 aliphatic carbocycles. The molecule has 3 fully saturated rings. The lowest BCUT2D eigenvalue weighted by molar-refractivity contribution is -0.908. The van der Waals surface area contributed by atoms with Crippen molar-refractivity contribution in [1.82, 2.24) is 5.32 Å². The Hall–Kier alpha value is -1.69. The first kappa shape index (κ1) is 56.9. The Morgan fingerprint density at radius 3 is 1.61 bits per heavy atom. The Kier molecular flexibility index (Phi) is 27.2. The van der Waals surface area contributed by atoms with Crippen LogP contribution in [0.1, 0.15) is 279 Å².